The van der Waals surface area contributed by atoms with E-state index in [0.29, 0.717) is 11.7 Å². The zero-order valence-electron chi connectivity index (χ0n) is 9.02. The smallest absolute Gasteiger partial charge is 0.133 e. The zero-order chi connectivity index (χ0) is 11.4. The Bertz CT molecular complexity index is 467. The van der Waals surface area contributed by atoms with Crippen LogP contribution in [-0.2, 0) is 20.1 Å². The Morgan fingerprint density at radius 1 is 1.31 bits per heavy atom. The second-order valence-electron chi connectivity index (χ2n) is 3.50. The molecule has 4 nitrogen and oxygen atoms in total. The molecular weight excluding hydrogens is 224 g/mol. The molecule has 1 N–H and O–H groups in total. The van der Waals surface area contributed by atoms with Gasteiger partial charge in [-0.1, -0.05) is 17.7 Å². The highest BCUT2D eigenvalue weighted by Gasteiger charge is 2.01. The molecule has 0 spiro atoms. The molecule has 2 aromatic heterocycles. The van der Waals surface area contributed by atoms with Crippen molar-refractivity contribution >= 4 is 11.6 Å². The van der Waals surface area contributed by atoms with Crippen molar-refractivity contribution in [3.8, 4) is 0 Å². The lowest BCUT2D eigenvalue weighted by molar-refractivity contribution is 0.625. The third-order valence-electron chi connectivity index (χ3n) is 2.38. The minimum Gasteiger partial charge on any atom is -0.307 e. The van der Waals surface area contributed by atoms with E-state index in [9.17, 15) is 0 Å². The summed E-state index contributed by atoms with van der Waals surface area (Å²) in [6.45, 7) is 1.47. The van der Waals surface area contributed by atoms with Gasteiger partial charge in [0, 0.05) is 38.1 Å². The number of hydrogen-bond acceptors (Lipinski definition) is 3. The molecule has 16 heavy (non-hydrogen) atoms. The fourth-order valence-corrected chi connectivity index (χ4v) is 1.64. The molecular formula is C11H13ClN4. The van der Waals surface area contributed by atoms with Crippen LogP contribution in [0.5, 0.6) is 0 Å². The highest BCUT2D eigenvalue weighted by molar-refractivity contribution is 6.30. The number of aromatic nitrogens is 3. The van der Waals surface area contributed by atoms with Crippen molar-refractivity contribution in [2.45, 2.75) is 13.1 Å². The Kier molecular flexibility index (Phi) is 3.54. The highest BCUT2D eigenvalue weighted by atomic mass is 35.5. The van der Waals surface area contributed by atoms with Crippen LogP contribution in [0.3, 0.4) is 0 Å². The Labute approximate surface area is 99.3 Å². The van der Waals surface area contributed by atoms with Crippen molar-refractivity contribution < 1.29 is 0 Å². The molecule has 0 radical (unpaired) electrons. The van der Waals surface area contributed by atoms with Crippen LogP contribution in [0.2, 0.25) is 5.15 Å². The summed E-state index contributed by atoms with van der Waals surface area (Å²) < 4.78 is 1.85. The number of nitrogens with one attached hydrogen (secondary N) is 1. The van der Waals surface area contributed by atoms with Crippen LogP contribution in [0, 0.1) is 0 Å². The van der Waals surface area contributed by atoms with Gasteiger partial charge in [-0.25, -0.2) is 4.98 Å². The molecule has 0 aliphatic heterocycles. The minimum absolute atomic E-state index is 0.556. The van der Waals surface area contributed by atoms with Gasteiger partial charge in [-0.2, -0.15) is 5.10 Å². The summed E-state index contributed by atoms with van der Waals surface area (Å²) >= 11 is 5.95. The van der Waals surface area contributed by atoms with E-state index in [1.165, 1.54) is 0 Å². The predicted molar refractivity (Wildman–Crippen MR) is 63.0 cm³/mol. The van der Waals surface area contributed by atoms with Crippen LogP contribution in [0.4, 0.5) is 0 Å². The van der Waals surface area contributed by atoms with E-state index in [1.54, 1.807) is 12.4 Å². The van der Waals surface area contributed by atoms with Crippen LogP contribution in [0.25, 0.3) is 0 Å². The molecule has 0 saturated heterocycles. The summed E-state index contributed by atoms with van der Waals surface area (Å²) in [6, 6.07) is 5.83. The van der Waals surface area contributed by atoms with Gasteiger partial charge in [-0.3, -0.25) is 4.68 Å². The normalized spacial score (nSPS) is 10.6. The summed E-state index contributed by atoms with van der Waals surface area (Å²) in [5.41, 5.74) is 2.14. The summed E-state index contributed by atoms with van der Waals surface area (Å²) in [6.07, 6.45) is 3.47. The third-order valence-corrected chi connectivity index (χ3v) is 2.72. The number of nitrogens with zero attached hydrogens (tertiary/aromatic N) is 3. The molecule has 5 heteroatoms. The average Bonchev–Trinajstić information content (AvgIpc) is 2.67. The highest BCUT2D eigenvalue weighted by Crippen LogP contribution is 2.10. The maximum atomic E-state index is 5.95. The van der Waals surface area contributed by atoms with Gasteiger partial charge in [0.2, 0.25) is 0 Å². The van der Waals surface area contributed by atoms with Crippen molar-refractivity contribution in [2.75, 3.05) is 0 Å². The lowest BCUT2D eigenvalue weighted by Crippen LogP contribution is -2.15. The van der Waals surface area contributed by atoms with E-state index >= 15 is 0 Å². The molecule has 0 unspecified atom stereocenters. The first-order valence-corrected chi connectivity index (χ1v) is 5.42. The van der Waals surface area contributed by atoms with Crippen molar-refractivity contribution in [1.82, 2.24) is 20.1 Å². The van der Waals surface area contributed by atoms with E-state index in [1.807, 2.05) is 29.9 Å². The first kappa shape index (κ1) is 11.1. The van der Waals surface area contributed by atoms with Gasteiger partial charge in [0.05, 0.1) is 5.69 Å². The van der Waals surface area contributed by atoms with Gasteiger partial charge in [-0.15, -0.1) is 0 Å². The van der Waals surface area contributed by atoms with Crippen molar-refractivity contribution in [1.29, 1.82) is 0 Å². The number of hydrogen-bond donors (Lipinski definition) is 1. The topological polar surface area (TPSA) is 42.7 Å². The summed E-state index contributed by atoms with van der Waals surface area (Å²) in [5.74, 6) is 0. The van der Waals surface area contributed by atoms with E-state index in [0.717, 1.165) is 17.8 Å². The van der Waals surface area contributed by atoms with Crippen molar-refractivity contribution in [3.63, 3.8) is 0 Å². The van der Waals surface area contributed by atoms with Crippen LogP contribution in [0.15, 0.2) is 30.6 Å². The molecule has 0 amide bonds. The zero-order valence-corrected chi connectivity index (χ0v) is 9.78. The van der Waals surface area contributed by atoms with Gasteiger partial charge in [0.25, 0.3) is 0 Å². The van der Waals surface area contributed by atoms with Gasteiger partial charge in [-0.05, 0) is 12.1 Å². The monoisotopic (exact) mass is 236 g/mol. The first-order chi connectivity index (χ1) is 7.77. The fourth-order valence-electron chi connectivity index (χ4n) is 1.45. The van der Waals surface area contributed by atoms with E-state index < -0.39 is 0 Å². The van der Waals surface area contributed by atoms with Crippen LogP contribution < -0.4 is 5.32 Å². The van der Waals surface area contributed by atoms with Gasteiger partial charge >= 0.3 is 0 Å². The molecule has 0 fully saturated rings. The summed E-state index contributed by atoms with van der Waals surface area (Å²) in [4.78, 5) is 4.02. The Morgan fingerprint density at radius 2 is 2.19 bits per heavy atom. The molecule has 2 rings (SSSR count). The number of halogens is 1. The van der Waals surface area contributed by atoms with E-state index in [-0.39, 0.29) is 0 Å². The first-order valence-electron chi connectivity index (χ1n) is 5.04. The average molecular weight is 237 g/mol. The van der Waals surface area contributed by atoms with Gasteiger partial charge < -0.3 is 5.32 Å². The number of rotatable bonds is 4. The molecule has 2 heterocycles. The van der Waals surface area contributed by atoms with Crippen molar-refractivity contribution in [3.05, 3.63) is 47.0 Å². The van der Waals surface area contributed by atoms with Crippen LogP contribution in [0.1, 0.15) is 11.3 Å². The predicted octanol–water partition coefficient (Wildman–Crippen LogP) is 1.76. The standard InChI is InChI=1S/C11H13ClN4/c1-16-10(4-6-15-16)8-13-7-9-3-2-5-14-11(9)12/h2-6,13H,7-8H2,1H3. The Hall–Kier alpha value is -1.39. The molecule has 0 aliphatic carbocycles. The largest absolute Gasteiger partial charge is 0.307 e. The second kappa shape index (κ2) is 5.09. The fraction of sp³-hybridized carbons (Fsp3) is 0.273. The van der Waals surface area contributed by atoms with Crippen molar-refractivity contribution in [2.24, 2.45) is 7.05 Å². The maximum absolute atomic E-state index is 5.95. The van der Waals surface area contributed by atoms with Gasteiger partial charge in [0.15, 0.2) is 0 Å². The number of aryl methyl sites for hydroxylation is 1. The molecule has 0 aliphatic rings. The van der Waals surface area contributed by atoms with Crippen LogP contribution >= 0.6 is 11.6 Å². The van der Waals surface area contributed by atoms with E-state index in [2.05, 4.69) is 15.4 Å². The Balaban J connectivity index is 1.89. The van der Waals surface area contributed by atoms with E-state index in [4.69, 9.17) is 11.6 Å². The lowest BCUT2D eigenvalue weighted by atomic mass is 10.3. The van der Waals surface area contributed by atoms with Crippen LogP contribution in [-0.4, -0.2) is 14.8 Å². The quantitative estimate of drug-likeness (QED) is 0.823. The molecule has 0 aromatic carbocycles. The summed E-state index contributed by atoms with van der Waals surface area (Å²) in [7, 11) is 1.92. The third kappa shape index (κ3) is 2.59. The molecule has 0 bridgehead atoms. The Morgan fingerprint density at radius 3 is 2.88 bits per heavy atom. The number of pyridine rings is 1. The second-order valence-corrected chi connectivity index (χ2v) is 3.86. The molecule has 0 saturated carbocycles. The molecule has 84 valence electrons. The minimum atomic E-state index is 0.556. The maximum Gasteiger partial charge on any atom is 0.133 e. The molecule has 2 aromatic rings. The lowest BCUT2D eigenvalue weighted by Gasteiger charge is -2.06. The molecule has 0 atom stereocenters. The summed E-state index contributed by atoms with van der Waals surface area (Å²) in [5, 5.41) is 7.95. The SMILES string of the molecule is Cn1nccc1CNCc1cccnc1Cl. The van der Waals surface area contributed by atoms with Gasteiger partial charge in [0.1, 0.15) is 5.15 Å².